The highest BCUT2D eigenvalue weighted by Crippen LogP contribution is 2.44. The molecule has 1 heterocycles. The van der Waals surface area contributed by atoms with Crippen molar-refractivity contribution >= 4 is 0 Å². The molecule has 0 radical (unpaired) electrons. The summed E-state index contributed by atoms with van der Waals surface area (Å²) in [5.74, 6) is 1.28. The van der Waals surface area contributed by atoms with Crippen molar-refractivity contribution in [1.29, 1.82) is 0 Å². The molecular formula is C17H19N. The van der Waals surface area contributed by atoms with Gasteiger partial charge in [-0.2, -0.15) is 0 Å². The molecule has 1 fully saturated rings. The van der Waals surface area contributed by atoms with Crippen LogP contribution >= 0.6 is 0 Å². The summed E-state index contributed by atoms with van der Waals surface area (Å²) in [5.41, 5.74) is 4.95. The SMILES string of the molecule is C1=CCC2C(=C1)CCC1NCC3C=CC=CC3=C12. The zero-order valence-corrected chi connectivity index (χ0v) is 10.6. The molecule has 0 aromatic carbocycles. The van der Waals surface area contributed by atoms with Crippen LogP contribution in [0.1, 0.15) is 19.3 Å². The molecule has 1 nitrogen and oxygen atoms in total. The maximum atomic E-state index is 3.76. The first-order valence-corrected chi connectivity index (χ1v) is 7.11. The molecule has 18 heavy (non-hydrogen) atoms. The second kappa shape index (κ2) is 4.10. The Morgan fingerprint density at radius 3 is 3.17 bits per heavy atom. The highest BCUT2D eigenvalue weighted by Gasteiger charge is 2.36. The van der Waals surface area contributed by atoms with Gasteiger partial charge in [0.1, 0.15) is 0 Å². The number of hydrogen-bond acceptors (Lipinski definition) is 1. The molecule has 0 amide bonds. The van der Waals surface area contributed by atoms with E-state index in [1.807, 2.05) is 0 Å². The van der Waals surface area contributed by atoms with E-state index in [0.717, 1.165) is 6.54 Å². The number of fused-ring (bicyclic) bond motifs is 4. The second-order valence-corrected chi connectivity index (χ2v) is 5.72. The Bertz CT molecular complexity index is 516. The van der Waals surface area contributed by atoms with Crippen LogP contribution in [0, 0.1) is 11.8 Å². The first-order valence-electron chi connectivity index (χ1n) is 7.11. The third kappa shape index (κ3) is 1.50. The molecule has 4 rings (SSSR count). The van der Waals surface area contributed by atoms with Crippen molar-refractivity contribution in [3.05, 3.63) is 59.3 Å². The molecule has 1 heteroatoms. The number of rotatable bonds is 0. The number of nitrogens with one attached hydrogen (secondary N) is 1. The summed E-state index contributed by atoms with van der Waals surface area (Å²) < 4.78 is 0. The molecule has 1 saturated carbocycles. The summed E-state index contributed by atoms with van der Waals surface area (Å²) in [5, 5.41) is 3.76. The molecule has 0 bridgehead atoms. The Kier molecular flexibility index (Phi) is 2.41. The smallest absolute Gasteiger partial charge is 0.0294 e. The van der Waals surface area contributed by atoms with Gasteiger partial charge in [0.05, 0.1) is 0 Å². The van der Waals surface area contributed by atoms with Crippen molar-refractivity contribution in [2.75, 3.05) is 6.54 Å². The van der Waals surface area contributed by atoms with Crippen LogP contribution in [0.3, 0.4) is 0 Å². The van der Waals surface area contributed by atoms with Crippen LogP contribution < -0.4 is 5.32 Å². The van der Waals surface area contributed by atoms with Crippen molar-refractivity contribution in [2.24, 2.45) is 11.8 Å². The monoisotopic (exact) mass is 237 g/mol. The van der Waals surface area contributed by atoms with E-state index in [0.29, 0.717) is 17.9 Å². The molecular weight excluding hydrogens is 218 g/mol. The van der Waals surface area contributed by atoms with E-state index >= 15 is 0 Å². The normalized spacial score (nSPS) is 36.9. The maximum absolute atomic E-state index is 3.76. The van der Waals surface area contributed by atoms with Gasteiger partial charge < -0.3 is 5.32 Å². The summed E-state index contributed by atoms with van der Waals surface area (Å²) in [6.07, 6.45) is 19.8. The molecule has 0 saturated heterocycles. The van der Waals surface area contributed by atoms with E-state index in [9.17, 15) is 0 Å². The van der Waals surface area contributed by atoms with Crippen LogP contribution in [0.4, 0.5) is 0 Å². The van der Waals surface area contributed by atoms with E-state index in [4.69, 9.17) is 0 Å². The average molecular weight is 237 g/mol. The van der Waals surface area contributed by atoms with Gasteiger partial charge in [-0.1, -0.05) is 48.1 Å². The topological polar surface area (TPSA) is 12.0 Å². The van der Waals surface area contributed by atoms with Gasteiger partial charge >= 0.3 is 0 Å². The van der Waals surface area contributed by atoms with Gasteiger partial charge in [-0.25, -0.2) is 0 Å². The molecule has 3 atom stereocenters. The van der Waals surface area contributed by atoms with Crippen molar-refractivity contribution in [1.82, 2.24) is 5.32 Å². The van der Waals surface area contributed by atoms with Crippen LogP contribution in [0.2, 0.25) is 0 Å². The molecule has 1 N–H and O–H groups in total. The minimum Gasteiger partial charge on any atom is -0.309 e. The first-order chi connectivity index (χ1) is 8.93. The first kappa shape index (κ1) is 10.6. The lowest BCUT2D eigenvalue weighted by Gasteiger charge is -2.42. The molecule has 92 valence electrons. The van der Waals surface area contributed by atoms with Crippen molar-refractivity contribution in [3.8, 4) is 0 Å². The Morgan fingerprint density at radius 1 is 1.17 bits per heavy atom. The van der Waals surface area contributed by atoms with Gasteiger partial charge in [0.25, 0.3) is 0 Å². The largest absolute Gasteiger partial charge is 0.309 e. The third-order valence-corrected chi connectivity index (χ3v) is 4.79. The Hall–Kier alpha value is -1.34. The molecule has 4 aliphatic rings. The zero-order chi connectivity index (χ0) is 11.9. The van der Waals surface area contributed by atoms with E-state index in [1.165, 1.54) is 19.3 Å². The van der Waals surface area contributed by atoms with Gasteiger partial charge in [0.2, 0.25) is 0 Å². The Labute approximate surface area is 109 Å². The standard InChI is InChI=1S/C17H19N/c1-3-7-14-12(5-1)9-10-16-17(14)15-8-4-2-6-13(15)11-18-16/h1-6,8,13-14,16,18H,7,9-11H2. The fourth-order valence-electron chi connectivity index (χ4n) is 3.92. The van der Waals surface area contributed by atoms with E-state index in [1.54, 1.807) is 16.7 Å². The van der Waals surface area contributed by atoms with Crippen molar-refractivity contribution in [3.63, 3.8) is 0 Å². The van der Waals surface area contributed by atoms with Gasteiger partial charge in [0.15, 0.2) is 0 Å². The van der Waals surface area contributed by atoms with Crippen molar-refractivity contribution < 1.29 is 0 Å². The molecule has 0 aromatic rings. The molecule has 3 aliphatic carbocycles. The van der Waals surface area contributed by atoms with E-state index in [-0.39, 0.29) is 0 Å². The van der Waals surface area contributed by atoms with Crippen LogP contribution in [-0.4, -0.2) is 12.6 Å². The fraction of sp³-hybridized carbons (Fsp3) is 0.412. The van der Waals surface area contributed by atoms with Gasteiger partial charge in [-0.05, 0) is 30.4 Å². The summed E-state index contributed by atoms with van der Waals surface area (Å²) in [7, 11) is 0. The molecule has 0 aromatic heterocycles. The highest BCUT2D eigenvalue weighted by molar-refractivity contribution is 5.47. The van der Waals surface area contributed by atoms with Crippen LogP contribution in [0.15, 0.2) is 59.3 Å². The number of hydrogen-bond donors (Lipinski definition) is 1. The third-order valence-electron chi connectivity index (χ3n) is 4.79. The van der Waals surface area contributed by atoms with Gasteiger partial charge in [-0.3, -0.25) is 0 Å². The van der Waals surface area contributed by atoms with Gasteiger partial charge in [0, 0.05) is 24.4 Å². The Morgan fingerprint density at radius 2 is 2.17 bits per heavy atom. The summed E-state index contributed by atoms with van der Waals surface area (Å²) in [4.78, 5) is 0. The van der Waals surface area contributed by atoms with Crippen LogP contribution in [0.25, 0.3) is 0 Å². The molecule has 1 aliphatic heterocycles. The highest BCUT2D eigenvalue weighted by atomic mass is 14.9. The predicted molar refractivity (Wildman–Crippen MR) is 75.2 cm³/mol. The lowest BCUT2D eigenvalue weighted by Crippen LogP contribution is -2.45. The summed E-state index contributed by atoms with van der Waals surface area (Å²) >= 11 is 0. The Balaban J connectivity index is 1.83. The quantitative estimate of drug-likeness (QED) is 0.681. The van der Waals surface area contributed by atoms with Gasteiger partial charge in [-0.15, -0.1) is 0 Å². The van der Waals surface area contributed by atoms with E-state index in [2.05, 4.69) is 47.8 Å². The minimum atomic E-state index is 0.603. The lowest BCUT2D eigenvalue weighted by atomic mass is 9.68. The van der Waals surface area contributed by atoms with E-state index < -0.39 is 0 Å². The maximum Gasteiger partial charge on any atom is 0.0294 e. The molecule has 0 spiro atoms. The average Bonchev–Trinajstić information content (AvgIpc) is 2.46. The predicted octanol–water partition coefficient (Wildman–Crippen LogP) is 3.29. The number of allylic oxidation sites excluding steroid dienone is 7. The zero-order valence-electron chi connectivity index (χ0n) is 10.6. The lowest BCUT2D eigenvalue weighted by molar-refractivity contribution is 0.398. The van der Waals surface area contributed by atoms with Crippen LogP contribution in [0.5, 0.6) is 0 Å². The minimum absolute atomic E-state index is 0.603. The molecule has 3 unspecified atom stereocenters. The summed E-state index contributed by atoms with van der Waals surface area (Å²) in [6.45, 7) is 1.12. The second-order valence-electron chi connectivity index (χ2n) is 5.72. The fourth-order valence-corrected chi connectivity index (χ4v) is 3.92. The summed E-state index contributed by atoms with van der Waals surface area (Å²) in [6, 6.07) is 0.626. The van der Waals surface area contributed by atoms with Crippen LogP contribution in [-0.2, 0) is 0 Å². The van der Waals surface area contributed by atoms with Crippen molar-refractivity contribution in [2.45, 2.75) is 25.3 Å².